The van der Waals surface area contributed by atoms with Crippen molar-refractivity contribution in [3.8, 4) is 44.8 Å². The Bertz CT molecular complexity index is 2870. The predicted molar refractivity (Wildman–Crippen MR) is 214 cm³/mol. The molecule has 0 radical (unpaired) electrons. The first-order valence-corrected chi connectivity index (χ1v) is 18.5. The fourth-order valence-corrected chi connectivity index (χ4v) is 10.5. The van der Waals surface area contributed by atoms with Gasteiger partial charge in [-0.2, -0.15) is 0 Å². The Morgan fingerprint density at radius 1 is 0.340 bits per heavy atom. The van der Waals surface area contributed by atoms with E-state index in [1.807, 2.05) is 0 Å². The number of pyridine rings is 1. The van der Waals surface area contributed by atoms with Crippen molar-refractivity contribution in [3.63, 3.8) is 0 Å². The summed E-state index contributed by atoms with van der Waals surface area (Å²) >= 11 is 0. The molecule has 2 nitrogen and oxygen atoms in total. The summed E-state index contributed by atoms with van der Waals surface area (Å²) in [6.45, 7) is 0. The zero-order chi connectivity index (χ0) is 34.7. The van der Waals surface area contributed by atoms with Crippen LogP contribution in [0.3, 0.4) is 0 Å². The molecular weight excluding hydrogens is 641 g/mol. The second-order valence-corrected chi connectivity index (χ2v) is 14.6. The molecule has 246 valence electrons. The number of aromatic nitrogens is 2. The van der Waals surface area contributed by atoms with Crippen LogP contribution in [0.1, 0.15) is 44.5 Å². The molecule has 0 aliphatic heterocycles. The molecule has 0 unspecified atom stereocenters. The Labute approximate surface area is 308 Å². The summed E-state index contributed by atoms with van der Waals surface area (Å²) in [5, 5.41) is 0. The van der Waals surface area contributed by atoms with E-state index < -0.39 is 10.8 Å². The van der Waals surface area contributed by atoms with Crippen LogP contribution in [-0.4, -0.2) is 9.38 Å². The minimum atomic E-state index is -0.541. The molecule has 0 fully saturated rings. The fraction of sp³-hybridized carbons (Fsp3) is 0.0392. The van der Waals surface area contributed by atoms with Crippen molar-refractivity contribution in [2.45, 2.75) is 10.8 Å². The van der Waals surface area contributed by atoms with Gasteiger partial charge in [0, 0.05) is 17.3 Å². The second kappa shape index (κ2) is 10.4. The lowest BCUT2D eigenvalue weighted by Crippen LogP contribution is -2.43. The lowest BCUT2D eigenvalue weighted by molar-refractivity contribution is 0.633. The van der Waals surface area contributed by atoms with Crippen LogP contribution < -0.4 is 0 Å². The summed E-state index contributed by atoms with van der Waals surface area (Å²) in [6.07, 6.45) is 2.15. The number of benzene rings is 7. The van der Waals surface area contributed by atoms with Gasteiger partial charge in [0.25, 0.3) is 0 Å². The van der Waals surface area contributed by atoms with Gasteiger partial charge in [0.15, 0.2) is 0 Å². The first-order valence-electron chi connectivity index (χ1n) is 18.5. The molecule has 0 amide bonds. The SMILES string of the molecule is c1ccc(-c2nc3ccccn3c2-c2ccc3c(c2)C2(c4ccccc4-c4ccccc42)c2ccccc2C32c3ccccc3-c3ccccc32)cc1. The maximum Gasteiger partial charge on any atom is 0.137 e. The molecule has 0 saturated carbocycles. The molecule has 9 aromatic rings. The van der Waals surface area contributed by atoms with Crippen LogP contribution in [0.25, 0.3) is 50.4 Å². The Hall–Kier alpha value is -6.77. The van der Waals surface area contributed by atoms with Crippen LogP contribution in [0.15, 0.2) is 194 Å². The molecule has 2 heterocycles. The summed E-state index contributed by atoms with van der Waals surface area (Å²) in [6, 6.07) is 70.0. The van der Waals surface area contributed by atoms with Crippen LogP contribution in [0.2, 0.25) is 0 Å². The van der Waals surface area contributed by atoms with Gasteiger partial charge in [0.05, 0.1) is 22.2 Å². The highest BCUT2D eigenvalue weighted by atomic mass is 15.0. The molecule has 0 bridgehead atoms. The Morgan fingerprint density at radius 2 is 0.774 bits per heavy atom. The fourth-order valence-electron chi connectivity index (χ4n) is 10.5. The molecular formula is C51H32N2. The van der Waals surface area contributed by atoms with E-state index in [9.17, 15) is 0 Å². The van der Waals surface area contributed by atoms with E-state index >= 15 is 0 Å². The lowest BCUT2D eigenvalue weighted by Gasteiger charge is -2.49. The number of nitrogens with zero attached hydrogens (tertiary/aromatic N) is 2. The molecule has 0 atom stereocenters. The predicted octanol–water partition coefficient (Wildman–Crippen LogP) is 11.7. The molecule has 12 rings (SSSR count). The van der Waals surface area contributed by atoms with Crippen molar-refractivity contribution in [3.05, 3.63) is 239 Å². The van der Waals surface area contributed by atoms with E-state index in [4.69, 9.17) is 4.98 Å². The molecule has 2 heteroatoms. The van der Waals surface area contributed by atoms with Gasteiger partial charge in [-0.25, -0.2) is 4.98 Å². The zero-order valence-electron chi connectivity index (χ0n) is 28.9. The first kappa shape index (κ1) is 28.9. The van der Waals surface area contributed by atoms with Gasteiger partial charge in [-0.15, -0.1) is 0 Å². The maximum absolute atomic E-state index is 5.26. The van der Waals surface area contributed by atoms with Gasteiger partial charge >= 0.3 is 0 Å². The average Bonchev–Trinajstić information content (AvgIpc) is 3.86. The highest BCUT2D eigenvalue weighted by Crippen LogP contribution is 2.67. The van der Waals surface area contributed by atoms with Gasteiger partial charge < -0.3 is 0 Å². The minimum Gasteiger partial charge on any atom is -0.299 e. The van der Waals surface area contributed by atoms with Gasteiger partial charge in [0.1, 0.15) is 5.65 Å². The number of hydrogen-bond donors (Lipinski definition) is 0. The molecule has 2 spiro atoms. The van der Waals surface area contributed by atoms with Crippen molar-refractivity contribution in [1.82, 2.24) is 9.38 Å². The smallest absolute Gasteiger partial charge is 0.137 e. The highest BCUT2D eigenvalue weighted by molar-refractivity contribution is 5.94. The number of hydrogen-bond acceptors (Lipinski definition) is 1. The monoisotopic (exact) mass is 672 g/mol. The van der Waals surface area contributed by atoms with E-state index in [0.29, 0.717) is 0 Å². The summed E-state index contributed by atoms with van der Waals surface area (Å²) in [5.74, 6) is 0. The van der Waals surface area contributed by atoms with Crippen molar-refractivity contribution in [1.29, 1.82) is 0 Å². The number of imidazole rings is 1. The molecule has 53 heavy (non-hydrogen) atoms. The number of rotatable bonds is 2. The normalized spacial score (nSPS) is 14.7. The minimum absolute atomic E-state index is 0.503. The quantitative estimate of drug-likeness (QED) is 0.179. The zero-order valence-corrected chi connectivity index (χ0v) is 28.9. The van der Waals surface area contributed by atoms with Gasteiger partial charge in [-0.3, -0.25) is 4.40 Å². The Balaban J connectivity index is 1.28. The molecule has 7 aromatic carbocycles. The summed E-state index contributed by atoms with van der Waals surface area (Å²) < 4.78 is 2.26. The van der Waals surface area contributed by atoms with Gasteiger partial charge in [-0.1, -0.05) is 170 Å². The average molecular weight is 673 g/mol. The van der Waals surface area contributed by atoms with Crippen molar-refractivity contribution < 1.29 is 0 Å². The Morgan fingerprint density at radius 3 is 1.32 bits per heavy atom. The molecule has 3 aliphatic rings. The van der Waals surface area contributed by atoms with E-state index in [1.165, 1.54) is 66.8 Å². The third-order valence-corrected chi connectivity index (χ3v) is 12.3. The molecule has 0 saturated heterocycles. The standard InChI is InChI=1S/C51H32N2/c1-2-16-33(17-3-1)48-49(53-31-15-14-28-47(53)52-48)34-29-30-45-46(32-34)51(41-24-10-6-20-37(41)38-21-7-11-25-42(38)51)44-27-13-12-26-43(44)50(45)39-22-8-4-18-35(39)36-19-5-9-23-40(36)50/h1-32H. The lowest BCUT2D eigenvalue weighted by atomic mass is 9.52. The third-order valence-electron chi connectivity index (χ3n) is 12.3. The highest BCUT2D eigenvalue weighted by Gasteiger charge is 2.58. The van der Waals surface area contributed by atoms with E-state index in [1.54, 1.807) is 0 Å². The summed E-state index contributed by atoms with van der Waals surface area (Å²) in [7, 11) is 0. The molecule has 0 N–H and O–H groups in total. The van der Waals surface area contributed by atoms with Gasteiger partial charge in [-0.05, 0) is 85.0 Å². The topological polar surface area (TPSA) is 17.3 Å². The van der Waals surface area contributed by atoms with Crippen LogP contribution in [0.5, 0.6) is 0 Å². The summed E-state index contributed by atoms with van der Waals surface area (Å²) in [4.78, 5) is 5.26. The Kier molecular flexibility index (Phi) is 5.67. The van der Waals surface area contributed by atoms with E-state index in [-0.39, 0.29) is 0 Å². The maximum atomic E-state index is 5.26. The van der Waals surface area contributed by atoms with Crippen LogP contribution >= 0.6 is 0 Å². The van der Waals surface area contributed by atoms with Gasteiger partial charge in [0.2, 0.25) is 0 Å². The van der Waals surface area contributed by atoms with Crippen LogP contribution in [0, 0.1) is 0 Å². The molecule has 3 aliphatic carbocycles. The van der Waals surface area contributed by atoms with Crippen molar-refractivity contribution in [2.24, 2.45) is 0 Å². The van der Waals surface area contributed by atoms with Crippen molar-refractivity contribution in [2.75, 3.05) is 0 Å². The van der Waals surface area contributed by atoms with Crippen LogP contribution in [-0.2, 0) is 10.8 Å². The third kappa shape index (κ3) is 3.46. The summed E-state index contributed by atoms with van der Waals surface area (Å²) in [5.41, 5.74) is 20.2. The van der Waals surface area contributed by atoms with E-state index in [2.05, 4.69) is 199 Å². The van der Waals surface area contributed by atoms with E-state index in [0.717, 1.165) is 28.2 Å². The second-order valence-electron chi connectivity index (χ2n) is 14.6. The molecule has 2 aromatic heterocycles. The number of fused-ring (bicyclic) bond motifs is 17. The van der Waals surface area contributed by atoms with Crippen molar-refractivity contribution >= 4 is 5.65 Å². The van der Waals surface area contributed by atoms with Crippen LogP contribution in [0.4, 0.5) is 0 Å². The first-order chi connectivity index (χ1) is 26.3. The largest absolute Gasteiger partial charge is 0.299 e.